The van der Waals surface area contributed by atoms with E-state index in [1.807, 2.05) is 16.8 Å². The fraction of sp³-hybridized carbons (Fsp3) is 0.250. The van der Waals surface area contributed by atoms with Crippen LogP contribution in [-0.2, 0) is 13.0 Å². The maximum atomic E-state index is 13.0. The summed E-state index contributed by atoms with van der Waals surface area (Å²) in [4.78, 5) is 23.6. The quantitative estimate of drug-likeness (QED) is 0.477. The molecule has 0 saturated heterocycles. The topological polar surface area (TPSA) is 64.2 Å². The number of hydrogen-bond donors (Lipinski definition) is 0. The zero-order valence-electron chi connectivity index (χ0n) is 15.0. The largest absolute Gasteiger partial charge is 0.459 e. The van der Waals surface area contributed by atoms with E-state index < -0.39 is 0 Å². The van der Waals surface area contributed by atoms with Gasteiger partial charge in [-0.1, -0.05) is 30.4 Å². The highest BCUT2D eigenvalue weighted by molar-refractivity contribution is 7.22. The molecule has 138 valence electrons. The average Bonchev–Trinajstić information content (AvgIpc) is 3.45. The van der Waals surface area contributed by atoms with Crippen molar-refractivity contribution in [3.63, 3.8) is 0 Å². The molecule has 4 rings (SSSR count). The lowest BCUT2D eigenvalue weighted by Gasteiger charge is -2.18. The number of imidazole rings is 1. The lowest BCUT2D eigenvalue weighted by molar-refractivity contribution is 0.0959. The third-order valence-corrected chi connectivity index (χ3v) is 5.48. The van der Waals surface area contributed by atoms with Gasteiger partial charge in [0.15, 0.2) is 10.9 Å². The molecule has 3 aromatic heterocycles. The van der Waals surface area contributed by atoms with Crippen LogP contribution in [0.1, 0.15) is 29.5 Å². The number of para-hydroxylation sites is 1. The van der Waals surface area contributed by atoms with Gasteiger partial charge in [-0.05, 0) is 36.6 Å². The summed E-state index contributed by atoms with van der Waals surface area (Å²) < 4.78 is 8.44. The molecule has 0 N–H and O–H groups in total. The summed E-state index contributed by atoms with van der Waals surface area (Å²) in [6.07, 6.45) is 8.68. The lowest BCUT2D eigenvalue weighted by Crippen LogP contribution is -2.32. The predicted octanol–water partition coefficient (Wildman–Crippen LogP) is 4.39. The monoisotopic (exact) mass is 380 g/mol. The molecule has 0 radical (unpaired) electrons. The maximum Gasteiger partial charge on any atom is 0.295 e. The van der Waals surface area contributed by atoms with Crippen LogP contribution in [0.25, 0.3) is 10.2 Å². The van der Waals surface area contributed by atoms with Crippen LogP contribution >= 0.6 is 11.3 Å². The van der Waals surface area contributed by atoms with E-state index in [0.29, 0.717) is 17.4 Å². The zero-order valence-corrected chi connectivity index (χ0v) is 15.9. The van der Waals surface area contributed by atoms with Crippen LogP contribution in [0.3, 0.4) is 0 Å². The van der Waals surface area contributed by atoms with Gasteiger partial charge >= 0.3 is 0 Å². The number of benzene rings is 1. The molecule has 0 aliphatic heterocycles. The molecule has 1 amide bonds. The van der Waals surface area contributed by atoms with E-state index >= 15 is 0 Å². The van der Waals surface area contributed by atoms with Gasteiger partial charge in [0.05, 0.1) is 22.8 Å². The summed E-state index contributed by atoms with van der Waals surface area (Å²) in [5.74, 6) is 0.162. The third-order valence-electron chi connectivity index (χ3n) is 4.44. The second kappa shape index (κ2) is 7.75. The molecule has 0 spiro atoms. The molecule has 1 aromatic carbocycles. The summed E-state index contributed by atoms with van der Waals surface area (Å²) in [5, 5.41) is 0.706. The Hall–Kier alpha value is -2.93. The van der Waals surface area contributed by atoms with Gasteiger partial charge in [-0.15, -0.1) is 0 Å². The van der Waals surface area contributed by atoms with Crippen molar-refractivity contribution in [1.29, 1.82) is 0 Å². The minimum Gasteiger partial charge on any atom is -0.459 e. The summed E-state index contributed by atoms with van der Waals surface area (Å²) >= 11 is 1.54. The Balaban J connectivity index is 1.63. The van der Waals surface area contributed by atoms with Crippen LogP contribution in [-0.4, -0.2) is 27.0 Å². The lowest BCUT2D eigenvalue weighted by atomic mass is 10.1. The van der Waals surface area contributed by atoms with Crippen LogP contribution in [0.15, 0.2) is 59.7 Å². The van der Waals surface area contributed by atoms with Gasteiger partial charge in [0.25, 0.3) is 5.91 Å². The van der Waals surface area contributed by atoms with Gasteiger partial charge < -0.3 is 8.98 Å². The first-order chi connectivity index (χ1) is 13.3. The van der Waals surface area contributed by atoms with Gasteiger partial charge in [0.2, 0.25) is 0 Å². The van der Waals surface area contributed by atoms with Crippen LogP contribution in [0.5, 0.6) is 0 Å². The molecule has 0 fully saturated rings. The molecule has 0 saturated carbocycles. The number of furan rings is 1. The Kier molecular flexibility index (Phi) is 5.02. The fourth-order valence-electron chi connectivity index (χ4n) is 3.04. The minimum absolute atomic E-state index is 0.164. The molecule has 0 aliphatic carbocycles. The number of nitrogens with zero attached hydrogens (tertiary/aromatic N) is 4. The third kappa shape index (κ3) is 3.64. The molecule has 0 bridgehead atoms. The average molecular weight is 380 g/mol. The smallest absolute Gasteiger partial charge is 0.295 e. The molecule has 7 heteroatoms. The Morgan fingerprint density at radius 2 is 2.22 bits per heavy atom. The van der Waals surface area contributed by atoms with Crippen molar-refractivity contribution >= 4 is 32.6 Å². The molecule has 6 nitrogen and oxygen atoms in total. The van der Waals surface area contributed by atoms with Crippen molar-refractivity contribution in [2.75, 3.05) is 11.4 Å². The first-order valence-electron chi connectivity index (χ1n) is 8.96. The number of carbonyl (C=O) groups excluding carboxylic acids is 1. The number of amides is 1. The highest BCUT2D eigenvalue weighted by atomic mass is 32.1. The molecular weight excluding hydrogens is 360 g/mol. The number of aryl methyl sites for hydroxylation is 2. The second-order valence-corrected chi connectivity index (χ2v) is 7.21. The first kappa shape index (κ1) is 17.5. The second-order valence-electron chi connectivity index (χ2n) is 6.20. The predicted molar refractivity (Wildman–Crippen MR) is 106 cm³/mol. The number of anilines is 1. The maximum absolute atomic E-state index is 13.0. The van der Waals surface area contributed by atoms with Gasteiger partial charge in [0, 0.05) is 25.5 Å². The highest BCUT2D eigenvalue weighted by Gasteiger charge is 2.23. The Bertz CT molecular complexity index is 1020. The van der Waals surface area contributed by atoms with Crippen molar-refractivity contribution in [3.8, 4) is 0 Å². The van der Waals surface area contributed by atoms with E-state index in [2.05, 4.69) is 24.0 Å². The highest BCUT2D eigenvalue weighted by Crippen LogP contribution is 2.32. The molecule has 0 aliphatic rings. The Morgan fingerprint density at radius 1 is 1.30 bits per heavy atom. The van der Waals surface area contributed by atoms with Crippen LogP contribution < -0.4 is 4.90 Å². The van der Waals surface area contributed by atoms with E-state index in [1.165, 1.54) is 11.8 Å². The van der Waals surface area contributed by atoms with Gasteiger partial charge in [-0.2, -0.15) is 0 Å². The van der Waals surface area contributed by atoms with Crippen molar-refractivity contribution in [2.24, 2.45) is 0 Å². The van der Waals surface area contributed by atoms with Gasteiger partial charge in [-0.25, -0.2) is 9.97 Å². The number of rotatable bonds is 7. The first-order valence-corrected chi connectivity index (χ1v) is 9.77. The number of hydrogen-bond acceptors (Lipinski definition) is 5. The summed E-state index contributed by atoms with van der Waals surface area (Å²) in [6.45, 7) is 3.46. The van der Waals surface area contributed by atoms with E-state index in [9.17, 15) is 4.79 Å². The van der Waals surface area contributed by atoms with E-state index in [0.717, 1.165) is 29.6 Å². The number of aromatic nitrogens is 3. The summed E-state index contributed by atoms with van der Waals surface area (Å²) in [6, 6.07) is 9.60. The molecule has 0 unspecified atom stereocenters. The molecule has 27 heavy (non-hydrogen) atoms. The Morgan fingerprint density at radius 3 is 2.96 bits per heavy atom. The standard InChI is InChI=1S/C20H20N4O2S/c1-2-15-6-3-8-17-18(15)22-20(27-17)24(19(25)16-7-4-13-26-16)11-5-10-23-12-9-21-14-23/h3-4,6-9,12-14H,2,5,10-11H2,1H3. The number of thiazole rings is 1. The van der Waals surface area contributed by atoms with Crippen LogP contribution in [0, 0.1) is 0 Å². The molecular formula is C20H20N4O2S. The van der Waals surface area contributed by atoms with Crippen LogP contribution in [0.2, 0.25) is 0 Å². The van der Waals surface area contributed by atoms with E-state index in [4.69, 9.17) is 9.40 Å². The van der Waals surface area contributed by atoms with Crippen LogP contribution in [0.4, 0.5) is 5.13 Å². The van der Waals surface area contributed by atoms with Crippen molar-refractivity contribution in [2.45, 2.75) is 26.3 Å². The summed E-state index contributed by atoms with van der Waals surface area (Å²) in [5.41, 5.74) is 2.17. The molecule has 0 atom stereocenters. The SMILES string of the molecule is CCc1cccc2sc(N(CCCn3ccnc3)C(=O)c3ccco3)nc12. The van der Waals surface area contributed by atoms with Crippen molar-refractivity contribution in [3.05, 3.63) is 66.6 Å². The number of fused-ring (bicyclic) bond motifs is 1. The van der Waals surface area contributed by atoms with E-state index in [-0.39, 0.29) is 5.91 Å². The fourth-order valence-corrected chi connectivity index (χ4v) is 4.08. The van der Waals surface area contributed by atoms with E-state index in [1.54, 1.807) is 40.9 Å². The summed E-state index contributed by atoms with van der Waals surface area (Å²) in [7, 11) is 0. The normalized spacial score (nSPS) is 11.1. The van der Waals surface area contributed by atoms with Gasteiger partial charge in [-0.3, -0.25) is 9.69 Å². The van der Waals surface area contributed by atoms with Crippen molar-refractivity contribution in [1.82, 2.24) is 14.5 Å². The minimum atomic E-state index is -0.164. The van der Waals surface area contributed by atoms with Gasteiger partial charge in [0.1, 0.15) is 0 Å². The Labute approximate surface area is 161 Å². The molecule has 4 aromatic rings. The number of carbonyl (C=O) groups is 1. The molecule has 3 heterocycles. The zero-order chi connectivity index (χ0) is 18.6. The van der Waals surface area contributed by atoms with Crippen molar-refractivity contribution < 1.29 is 9.21 Å².